The lowest BCUT2D eigenvalue weighted by molar-refractivity contribution is 0.0115. The van der Waals surface area contributed by atoms with E-state index in [4.69, 9.17) is 14.5 Å². The zero-order valence-corrected chi connectivity index (χ0v) is 28.8. The maximum absolute atomic E-state index is 13.4. The standard InChI is InChI=1S/C33H41BrN7O3P/c1-5-22-18-27(30(43-2)19-29(22)41-12-10-23(11-13-41)40-14-16-44-17-15-40)38-33-36-20-25(34)32(39-33)37-28-21-35-26-9-7-6-8-24(26)31(28)45(3,4)42/h6-9,18-21,23H,5,10-17H2,1-4H3,(H2,36,37,38,39). The molecule has 45 heavy (non-hydrogen) atoms. The van der Waals surface area contributed by atoms with Crippen LogP contribution in [0.3, 0.4) is 0 Å². The van der Waals surface area contributed by atoms with E-state index in [1.165, 1.54) is 11.3 Å². The predicted octanol–water partition coefficient (Wildman–Crippen LogP) is 6.39. The lowest BCUT2D eigenvalue weighted by Gasteiger charge is -2.41. The molecule has 0 radical (unpaired) electrons. The SMILES string of the molecule is CCc1cc(Nc2ncc(Br)c(Nc3cnc4ccccc4c3P(C)(C)=O)n2)c(OC)cc1N1CCC(N2CCOCC2)CC1. The van der Waals surface area contributed by atoms with Crippen LogP contribution in [0.25, 0.3) is 10.9 Å². The van der Waals surface area contributed by atoms with Crippen molar-refractivity contribution in [2.45, 2.75) is 32.2 Å². The van der Waals surface area contributed by atoms with Crippen LogP contribution >= 0.6 is 23.1 Å². The molecular formula is C33H41BrN7O3P. The molecule has 10 nitrogen and oxygen atoms in total. The molecule has 0 atom stereocenters. The summed E-state index contributed by atoms with van der Waals surface area (Å²) in [6, 6.07) is 12.7. The van der Waals surface area contributed by atoms with Crippen molar-refractivity contribution in [3.8, 4) is 5.75 Å². The first-order valence-electron chi connectivity index (χ1n) is 15.5. The average Bonchev–Trinajstić information content (AvgIpc) is 3.06. The molecule has 4 aromatic rings. The summed E-state index contributed by atoms with van der Waals surface area (Å²) < 4.78 is 25.6. The van der Waals surface area contributed by atoms with Crippen LogP contribution in [0.5, 0.6) is 5.75 Å². The van der Waals surface area contributed by atoms with Gasteiger partial charge in [0.15, 0.2) is 0 Å². The highest BCUT2D eigenvalue weighted by Crippen LogP contribution is 2.42. The molecule has 0 unspecified atom stereocenters. The fourth-order valence-electron chi connectivity index (χ4n) is 6.43. The van der Waals surface area contributed by atoms with Gasteiger partial charge in [0.2, 0.25) is 5.95 Å². The smallest absolute Gasteiger partial charge is 0.229 e. The van der Waals surface area contributed by atoms with Crippen molar-refractivity contribution in [2.75, 3.05) is 75.4 Å². The molecule has 2 aromatic carbocycles. The highest BCUT2D eigenvalue weighted by Gasteiger charge is 2.27. The van der Waals surface area contributed by atoms with Crippen LogP contribution in [0, 0.1) is 0 Å². The fourth-order valence-corrected chi connectivity index (χ4v) is 8.19. The first kappa shape index (κ1) is 31.7. The van der Waals surface area contributed by atoms with Gasteiger partial charge in [-0.15, -0.1) is 0 Å². The summed E-state index contributed by atoms with van der Waals surface area (Å²) in [5.74, 6) is 1.68. The quantitative estimate of drug-likeness (QED) is 0.192. The number of halogens is 1. The molecule has 2 aliphatic rings. The summed E-state index contributed by atoms with van der Waals surface area (Å²) in [5.41, 5.74) is 4.72. The second-order valence-electron chi connectivity index (χ2n) is 11.9. The number of para-hydroxylation sites is 1. The largest absolute Gasteiger partial charge is 0.494 e. The number of hydrogen-bond donors (Lipinski definition) is 2. The van der Waals surface area contributed by atoms with Gasteiger partial charge in [-0.1, -0.05) is 25.1 Å². The number of piperidine rings is 1. The van der Waals surface area contributed by atoms with Crippen LogP contribution in [-0.4, -0.2) is 85.7 Å². The second kappa shape index (κ2) is 13.6. The van der Waals surface area contributed by atoms with Gasteiger partial charge >= 0.3 is 0 Å². The summed E-state index contributed by atoms with van der Waals surface area (Å²) in [6.45, 7) is 11.5. The maximum Gasteiger partial charge on any atom is 0.229 e. The van der Waals surface area contributed by atoms with Crippen LogP contribution in [0.15, 0.2) is 53.3 Å². The molecule has 6 rings (SSSR count). The Balaban J connectivity index is 1.24. The van der Waals surface area contributed by atoms with Crippen molar-refractivity contribution in [1.29, 1.82) is 0 Å². The zero-order chi connectivity index (χ0) is 31.6. The van der Waals surface area contributed by atoms with E-state index in [1.54, 1.807) is 32.8 Å². The summed E-state index contributed by atoms with van der Waals surface area (Å²) in [5, 5.41) is 8.37. The van der Waals surface area contributed by atoms with E-state index in [0.29, 0.717) is 28.0 Å². The Kier molecular flexibility index (Phi) is 9.61. The molecule has 2 saturated heterocycles. The Labute approximate surface area is 273 Å². The molecule has 2 aliphatic heterocycles. The average molecular weight is 695 g/mol. The number of aromatic nitrogens is 3. The van der Waals surface area contributed by atoms with Gasteiger partial charge in [-0.05, 0) is 66.2 Å². The molecule has 0 amide bonds. The number of ether oxygens (including phenoxy) is 2. The number of rotatable bonds is 9. The van der Waals surface area contributed by atoms with E-state index in [0.717, 1.165) is 86.3 Å². The molecule has 12 heteroatoms. The molecule has 0 spiro atoms. The Hall–Kier alpha value is -3.24. The first-order chi connectivity index (χ1) is 21.7. The molecule has 0 bridgehead atoms. The number of pyridine rings is 1. The number of morpholine rings is 1. The van der Waals surface area contributed by atoms with Crippen molar-refractivity contribution >= 4 is 68.1 Å². The number of nitrogens with one attached hydrogen (secondary N) is 2. The summed E-state index contributed by atoms with van der Waals surface area (Å²) in [6.07, 6.45) is 6.60. The third-order valence-corrected chi connectivity index (χ3v) is 10.8. The van der Waals surface area contributed by atoms with E-state index in [1.807, 2.05) is 24.3 Å². The van der Waals surface area contributed by atoms with Crippen LogP contribution in [0.4, 0.5) is 28.8 Å². The molecule has 0 aliphatic carbocycles. The van der Waals surface area contributed by atoms with Crippen molar-refractivity contribution in [1.82, 2.24) is 19.9 Å². The Bertz CT molecular complexity index is 1720. The third kappa shape index (κ3) is 6.97. The number of anilines is 5. The van der Waals surface area contributed by atoms with Gasteiger partial charge in [-0.3, -0.25) is 9.88 Å². The number of nitrogens with zero attached hydrogens (tertiary/aromatic N) is 5. The minimum absolute atomic E-state index is 0.409. The van der Waals surface area contributed by atoms with E-state index >= 15 is 0 Å². The maximum atomic E-state index is 13.4. The predicted molar refractivity (Wildman–Crippen MR) is 187 cm³/mol. The van der Waals surface area contributed by atoms with E-state index < -0.39 is 7.14 Å². The monoisotopic (exact) mass is 693 g/mol. The van der Waals surface area contributed by atoms with Crippen molar-refractivity contribution in [2.24, 2.45) is 0 Å². The van der Waals surface area contributed by atoms with Gasteiger partial charge in [0.05, 0.1) is 47.9 Å². The van der Waals surface area contributed by atoms with E-state index in [9.17, 15) is 4.57 Å². The van der Waals surface area contributed by atoms with Gasteiger partial charge in [0.1, 0.15) is 18.7 Å². The van der Waals surface area contributed by atoms with Gasteiger partial charge in [-0.25, -0.2) is 4.98 Å². The van der Waals surface area contributed by atoms with E-state index in [2.05, 4.69) is 65.4 Å². The summed E-state index contributed by atoms with van der Waals surface area (Å²) >= 11 is 3.59. The van der Waals surface area contributed by atoms with Crippen LogP contribution < -0.4 is 25.6 Å². The molecule has 2 fully saturated rings. The molecule has 238 valence electrons. The highest BCUT2D eigenvalue weighted by atomic mass is 79.9. The zero-order valence-electron chi connectivity index (χ0n) is 26.3. The molecular weight excluding hydrogens is 653 g/mol. The fraction of sp³-hybridized carbons (Fsp3) is 0.424. The van der Waals surface area contributed by atoms with Gasteiger partial charge < -0.3 is 29.6 Å². The van der Waals surface area contributed by atoms with Crippen molar-refractivity contribution in [3.63, 3.8) is 0 Å². The molecule has 0 saturated carbocycles. The van der Waals surface area contributed by atoms with Crippen LogP contribution in [0.2, 0.25) is 0 Å². The Morgan fingerprint density at radius 3 is 2.49 bits per heavy atom. The van der Waals surface area contributed by atoms with Gasteiger partial charge in [0, 0.05) is 60.9 Å². The first-order valence-corrected chi connectivity index (χ1v) is 18.9. The topological polar surface area (TPSA) is 105 Å². The van der Waals surface area contributed by atoms with Gasteiger partial charge in [0.25, 0.3) is 0 Å². The van der Waals surface area contributed by atoms with E-state index in [-0.39, 0.29) is 0 Å². The summed E-state index contributed by atoms with van der Waals surface area (Å²) in [4.78, 5) is 19.0. The number of hydrogen-bond acceptors (Lipinski definition) is 10. The lowest BCUT2D eigenvalue weighted by Crippen LogP contribution is -2.49. The minimum Gasteiger partial charge on any atom is -0.494 e. The normalized spacial score (nSPS) is 16.6. The second-order valence-corrected chi connectivity index (χ2v) is 15.9. The molecule has 2 N–H and O–H groups in total. The summed E-state index contributed by atoms with van der Waals surface area (Å²) in [7, 11) is -0.980. The number of aryl methyl sites for hydroxylation is 1. The van der Waals surface area contributed by atoms with Crippen LogP contribution in [0.1, 0.15) is 25.3 Å². The van der Waals surface area contributed by atoms with Crippen molar-refractivity contribution in [3.05, 3.63) is 58.8 Å². The molecule has 4 heterocycles. The van der Waals surface area contributed by atoms with Gasteiger partial charge in [-0.2, -0.15) is 4.98 Å². The van der Waals surface area contributed by atoms with Crippen molar-refractivity contribution < 1.29 is 14.0 Å². The Morgan fingerprint density at radius 2 is 1.78 bits per heavy atom. The lowest BCUT2D eigenvalue weighted by atomic mass is 10.00. The number of benzene rings is 2. The third-order valence-electron chi connectivity index (χ3n) is 8.68. The molecule has 2 aromatic heterocycles. The number of fused-ring (bicyclic) bond motifs is 1. The number of methoxy groups -OCH3 is 1. The highest BCUT2D eigenvalue weighted by molar-refractivity contribution is 9.10. The Morgan fingerprint density at radius 1 is 1.02 bits per heavy atom. The minimum atomic E-state index is -2.67. The van der Waals surface area contributed by atoms with Crippen LogP contribution in [-0.2, 0) is 15.7 Å².